The van der Waals surface area contributed by atoms with Crippen LogP contribution in [0.1, 0.15) is 6.92 Å². The zero-order chi connectivity index (χ0) is 10.7. The van der Waals surface area contributed by atoms with Gasteiger partial charge in [-0.2, -0.15) is 10.5 Å². The average molecular weight is 220 g/mol. The van der Waals surface area contributed by atoms with Crippen LogP contribution in [0.25, 0.3) is 0 Å². The van der Waals surface area contributed by atoms with Gasteiger partial charge in [0, 0.05) is 0 Å². The molecule has 0 aliphatic rings. The third-order valence-electron chi connectivity index (χ3n) is 0.604. The molecular formula is C6H8N2O3S2. The van der Waals surface area contributed by atoms with E-state index in [0.29, 0.717) is 5.08 Å². The number of thiocyanates is 2. The molecule has 0 aromatic heterocycles. The van der Waals surface area contributed by atoms with Crippen LogP contribution in [0, 0.1) is 21.3 Å². The molecule has 0 aromatic carbocycles. The number of aliphatic hydroxyl groups is 1. The van der Waals surface area contributed by atoms with E-state index in [1.165, 1.54) is 6.92 Å². The summed E-state index contributed by atoms with van der Waals surface area (Å²) in [5.41, 5.74) is 0. The Morgan fingerprint density at radius 3 is 1.92 bits per heavy atom. The highest BCUT2D eigenvalue weighted by Crippen LogP contribution is 2.06. The summed E-state index contributed by atoms with van der Waals surface area (Å²) >= 11 is 2.16. The zero-order valence-corrected chi connectivity index (χ0v) is 8.43. The maximum atomic E-state index is 9.45. The number of thioether (sulfide) groups is 2. The molecule has 0 fully saturated rings. The lowest BCUT2D eigenvalue weighted by atomic mass is 10.4. The van der Waals surface area contributed by atoms with Gasteiger partial charge in [-0.3, -0.25) is 0 Å². The Balaban J connectivity index is 0. The Hall–Kier alpha value is -0.890. The van der Waals surface area contributed by atoms with E-state index in [9.17, 15) is 4.79 Å². The minimum atomic E-state index is -1.23. The molecular weight excluding hydrogens is 212 g/mol. The monoisotopic (exact) mass is 220 g/mol. The number of hydrogen-bond donors (Lipinski definition) is 2. The van der Waals surface area contributed by atoms with E-state index < -0.39 is 12.1 Å². The van der Waals surface area contributed by atoms with Crippen LogP contribution < -0.4 is 0 Å². The highest BCUT2D eigenvalue weighted by atomic mass is 32.2. The van der Waals surface area contributed by atoms with Crippen molar-refractivity contribution in [3.8, 4) is 10.8 Å². The third-order valence-corrected chi connectivity index (χ3v) is 1.81. The molecule has 72 valence electrons. The van der Waals surface area contributed by atoms with Crippen LogP contribution in [0.4, 0.5) is 0 Å². The van der Waals surface area contributed by atoms with Crippen LogP contribution in [0.5, 0.6) is 0 Å². The van der Waals surface area contributed by atoms with Crippen LogP contribution >= 0.6 is 23.5 Å². The molecule has 0 rings (SSSR count). The molecule has 0 saturated carbocycles. The second-order valence-electron chi connectivity index (χ2n) is 1.60. The van der Waals surface area contributed by atoms with Crippen molar-refractivity contribution in [1.82, 2.24) is 0 Å². The molecule has 0 aliphatic heterocycles. The minimum absolute atomic E-state index is 0.549. The van der Waals surface area contributed by atoms with Gasteiger partial charge in [-0.1, -0.05) is 0 Å². The van der Waals surface area contributed by atoms with Gasteiger partial charge in [0.2, 0.25) is 0 Å². The Bertz CT molecular complexity index is 205. The molecule has 0 heterocycles. The van der Waals surface area contributed by atoms with Gasteiger partial charge < -0.3 is 10.2 Å². The number of carbonyl (C=O) groups is 1. The fourth-order valence-corrected chi connectivity index (χ4v) is 0.740. The summed E-state index contributed by atoms with van der Waals surface area (Å²) < 4.78 is 0. The first kappa shape index (κ1) is 14.6. The lowest BCUT2D eigenvalue weighted by Crippen LogP contribution is -2.13. The summed E-state index contributed by atoms with van der Waals surface area (Å²) in [6.07, 6.45) is -1.23. The number of carboxylic acids is 1. The number of aliphatic carboxylic acids is 1. The molecule has 2 N–H and O–H groups in total. The maximum Gasteiger partial charge on any atom is 0.332 e. The fraction of sp³-hybridized carbons (Fsp3) is 0.500. The third kappa shape index (κ3) is 18.2. The summed E-state index contributed by atoms with van der Waals surface area (Å²) in [5, 5.41) is 35.8. The molecule has 0 radical (unpaired) electrons. The summed E-state index contributed by atoms with van der Waals surface area (Å²) in [4.78, 5) is 9.45. The molecule has 0 saturated heterocycles. The molecule has 0 spiro atoms. The maximum absolute atomic E-state index is 9.45. The summed E-state index contributed by atoms with van der Waals surface area (Å²) in [6, 6.07) is 0. The van der Waals surface area contributed by atoms with Crippen molar-refractivity contribution in [1.29, 1.82) is 10.5 Å². The molecule has 0 amide bonds. The quantitative estimate of drug-likeness (QED) is 0.412. The lowest BCUT2D eigenvalue weighted by molar-refractivity contribution is -0.145. The van der Waals surface area contributed by atoms with Crippen LogP contribution in [0.3, 0.4) is 0 Å². The van der Waals surface area contributed by atoms with E-state index in [1.54, 1.807) is 0 Å². The molecule has 1 atom stereocenters. The fourth-order valence-electron chi connectivity index (χ4n) is 0.0822. The van der Waals surface area contributed by atoms with E-state index in [-0.39, 0.29) is 0 Å². The van der Waals surface area contributed by atoms with Gasteiger partial charge in [-0.25, -0.2) is 4.79 Å². The van der Waals surface area contributed by atoms with Crippen molar-refractivity contribution in [2.75, 3.05) is 5.08 Å². The zero-order valence-electron chi connectivity index (χ0n) is 6.80. The molecule has 5 nitrogen and oxygen atoms in total. The number of aliphatic hydroxyl groups excluding tert-OH is 1. The number of nitriles is 2. The van der Waals surface area contributed by atoms with E-state index >= 15 is 0 Å². The molecule has 0 aromatic rings. The Morgan fingerprint density at radius 2 is 1.77 bits per heavy atom. The standard InChI is InChI=1S/C3H2N2S2.C3H6O3/c4-1-6-3-7-2-5;1-2(4)3(5)6/h3H2;2,4H,1H3,(H,5,6)/t;2-/m.0/s1. The van der Waals surface area contributed by atoms with Crippen LogP contribution in [-0.2, 0) is 4.79 Å². The second-order valence-corrected chi connectivity index (χ2v) is 3.49. The van der Waals surface area contributed by atoms with Crippen molar-refractivity contribution in [3.63, 3.8) is 0 Å². The highest BCUT2D eigenvalue weighted by molar-refractivity contribution is 8.20. The van der Waals surface area contributed by atoms with Gasteiger partial charge in [0.1, 0.15) is 16.9 Å². The van der Waals surface area contributed by atoms with E-state index in [2.05, 4.69) is 0 Å². The van der Waals surface area contributed by atoms with Crippen molar-refractivity contribution < 1.29 is 15.0 Å². The largest absolute Gasteiger partial charge is 0.479 e. The number of rotatable bonds is 3. The summed E-state index contributed by atoms with van der Waals surface area (Å²) in [6.45, 7) is 1.20. The Morgan fingerprint density at radius 1 is 1.46 bits per heavy atom. The van der Waals surface area contributed by atoms with E-state index in [1.807, 2.05) is 10.8 Å². The number of hydrogen-bond acceptors (Lipinski definition) is 6. The summed E-state index contributed by atoms with van der Waals surface area (Å²) in [7, 11) is 0. The number of nitrogens with zero attached hydrogens (tertiary/aromatic N) is 2. The molecule has 0 unspecified atom stereocenters. The van der Waals surface area contributed by atoms with Crippen molar-refractivity contribution >= 4 is 29.5 Å². The molecule has 7 heteroatoms. The van der Waals surface area contributed by atoms with Gasteiger partial charge in [0.05, 0.1) is 5.08 Å². The van der Waals surface area contributed by atoms with E-state index in [4.69, 9.17) is 20.7 Å². The topological polar surface area (TPSA) is 105 Å². The predicted molar refractivity (Wildman–Crippen MR) is 50.6 cm³/mol. The van der Waals surface area contributed by atoms with Gasteiger partial charge >= 0.3 is 5.97 Å². The van der Waals surface area contributed by atoms with Crippen molar-refractivity contribution in [2.45, 2.75) is 13.0 Å². The van der Waals surface area contributed by atoms with E-state index in [0.717, 1.165) is 23.5 Å². The lowest BCUT2D eigenvalue weighted by Gasteiger charge is -1.89. The van der Waals surface area contributed by atoms with Crippen LogP contribution in [-0.4, -0.2) is 27.4 Å². The first-order chi connectivity index (χ1) is 6.06. The van der Waals surface area contributed by atoms with Gasteiger partial charge in [0.25, 0.3) is 0 Å². The molecule has 13 heavy (non-hydrogen) atoms. The van der Waals surface area contributed by atoms with Crippen molar-refractivity contribution in [3.05, 3.63) is 0 Å². The first-order valence-corrected chi connectivity index (χ1v) is 4.96. The van der Waals surface area contributed by atoms with Gasteiger partial charge in [-0.15, -0.1) is 0 Å². The van der Waals surface area contributed by atoms with Gasteiger partial charge in [0.15, 0.2) is 0 Å². The molecule has 0 aliphatic carbocycles. The normalized spacial score (nSPS) is 9.85. The first-order valence-electron chi connectivity index (χ1n) is 2.98. The summed E-state index contributed by atoms with van der Waals surface area (Å²) in [5.74, 6) is -1.19. The van der Waals surface area contributed by atoms with Crippen molar-refractivity contribution in [2.24, 2.45) is 0 Å². The Kier molecular flexibility index (Phi) is 12.5. The molecule has 0 bridgehead atoms. The smallest absolute Gasteiger partial charge is 0.332 e. The SMILES string of the molecule is C[C@H](O)C(=O)O.N#CSCSC#N. The van der Waals surface area contributed by atoms with Crippen LogP contribution in [0.2, 0.25) is 0 Å². The average Bonchev–Trinajstić information content (AvgIpc) is 2.06. The Labute approximate surface area is 84.4 Å². The second kappa shape index (κ2) is 11.1. The highest BCUT2D eigenvalue weighted by Gasteiger charge is 2.01. The minimum Gasteiger partial charge on any atom is -0.479 e. The van der Waals surface area contributed by atoms with Crippen LogP contribution in [0.15, 0.2) is 0 Å². The number of carboxylic acid groups (broad SMARTS) is 1. The van der Waals surface area contributed by atoms with Gasteiger partial charge in [-0.05, 0) is 30.4 Å². The predicted octanol–water partition coefficient (Wildman–Crippen LogP) is 0.824.